The zero-order valence-corrected chi connectivity index (χ0v) is 16.6. The molecule has 0 saturated carbocycles. The van der Waals surface area contributed by atoms with Gasteiger partial charge in [0, 0.05) is 10.6 Å². The highest BCUT2D eigenvalue weighted by Crippen LogP contribution is 2.27. The summed E-state index contributed by atoms with van der Waals surface area (Å²) in [4.78, 5) is 12.3. The van der Waals surface area contributed by atoms with Gasteiger partial charge in [0.15, 0.2) is 6.10 Å². The van der Waals surface area contributed by atoms with Crippen LogP contribution in [0.4, 0.5) is 0 Å². The minimum absolute atomic E-state index is 0.0908. The van der Waals surface area contributed by atoms with E-state index in [0.29, 0.717) is 16.3 Å². The third-order valence-corrected chi connectivity index (χ3v) is 5.00. The maximum absolute atomic E-state index is 12.3. The van der Waals surface area contributed by atoms with Gasteiger partial charge in [0.2, 0.25) is 0 Å². The van der Waals surface area contributed by atoms with Crippen molar-refractivity contribution in [2.24, 2.45) is 5.10 Å². The zero-order valence-electron chi connectivity index (χ0n) is 15.9. The predicted octanol–water partition coefficient (Wildman–Crippen LogP) is 4.73. The number of carbonyl (C=O) groups excluding carboxylic acids is 1. The van der Waals surface area contributed by atoms with Crippen molar-refractivity contribution in [3.05, 3.63) is 70.2 Å². The largest absolute Gasteiger partial charge is 0.507 e. The molecule has 6 heteroatoms. The first-order chi connectivity index (χ1) is 13.4. The van der Waals surface area contributed by atoms with E-state index in [1.807, 2.05) is 44.2 Å². The molecule has 2 N–H and O–H groups in total. The Bertz CT molecular complexity index is 1040. The summed E-state index contributed by atoms with van der Waals surface area (Å²) in [6, 6.07) is 14.6. The van der Waals surface area contributed by atoms with Crippen LogP contribution in [0.15, 0.2) is 53.6 Å². The topological polar surface area (TPSA) is 70.9 Å². The Hall–Kier alpha value is -3.05. The average Bonchev–Trinajstić information content (AvgIpc) is 2.67. The van der Waals surface area contributed by atoms with Crippen LogP contribution in [-0.2, 0) is 4.79 Å². The second-order valence-corrected chi connectivity index (χ2v) is 6.96. The minimum atomic E-state index is -0.752. The monoisotopic (exact) mass is 396 g/mol. The van der Waals surface area contributed by atoms with Crippen molar-refractivity contribution in [1.82, 2.24) is 5.43 Å². The molecule has 0 spiro atoms. The minimum Gasteiger partial charge on any atom is -0.507 e. The van der Waals surface area contributed by atoms with Crippen molar-refractivity contribution < 1.29 is 14.6 Å². The molecule has 0 aliphatic rings. The van der Waals surface area contributed by atoms with Crippen molar-refractivity contribution in [2.45, 2.75) is 26.9 Å². The number of amides is 1. The van der Waals surface area contributed by atoms with Crippen LogP contribution in [0.3, 0.4) is 0 Å². The summed E-state index contributed by atoms with van der Waals surface area (Å²) in [5, 5.41) is 16.6. The summed E-state index contributed by atoms with van der Waals surface area (Å²) in [6.07, 6.45) is 0.678. The fraction of sp³-hybridized carbons (Fsp3) is 0.182. The lowest BCUT2D eigenvalue weighted by Crippen LogP contribution is -2.33. The Morgan fingerprint density at radius 2 is 1.86 bits per heavy atom. The first kappa shape index (κ1) is 19.7. The van der Waals surface area contributed by atoms with Crippen LogP contribution in [0.1, 0.15) is 23.6 Å². The number of carbonyl (C=O) groups is 1. The Morgan fingerprint density at radius 1 is 1.18 bits per heavy atom. The van der Waals surface area contributed by atoms with E-state index in [4.69, 9.17) is 16.3 Å². The summed E-state index contributed by atoms with van der Waals surface area (Å²) in [5.41, 5.74) is 4.76. The van der Waals surface area contributed by atoms with Gasteiger partial charge < -0.3 is 9.84 Å². The Labute approximate surface area is 168 Å². The number of phenols is 1. The van der Waals surface area contributed by atoms with Crippen molar-refractivity contribution in [1.29, 1.82) is 0 Å². The normalized spacial score (nSPS) is 12.3. The fourth-order valence-electron chi connectivity index (χ4n) is 2.90. The van der Waals surface area contributed by atoms with Gasteiger partial charge >= 0.3 is 0 Å². The number of halogens is 1. The van der Waals surface area contributed by atoms with Crippen LogP contribution >= 0.6 is 11.6 Å². The first-order valence-electron chi connectivity index (χ1n) is 8.84. The molecule has 0 aromatic heterocycles. The number of nitrogens with zero attached hydrogens (tertiary/aromatic N) is 1. The highest BCUT2D eigenvalue weighted by atomic mass is 35.5. The summed E-state index contributed by atoms with van der Waals surface area (Å²) >= 11 is 6.16. The lowest BCUT2D eigenvalue weighted by atomic mass is 10.0. The fourth-order valence-corrected chi connectivity index (χ4v) is 3.01. The molecular weight excluding hydrogens is 376 g/mol. The van der Waals surface area contributed by atoms with Crippen molar-refractivity contribution in [3.8, 4) is 11.5 Å². The van der Waals surface area contributed by atoms with Gasteiger partial charge in [0.05, 0.1) is 6.21 Å². The molecule has 1 amide bonds. The summed E-state index contributed by atoms with van der Waals surface area (Å²) in [6.45, 7) is 5.40. The molecule has 1 atom stereocenters. The molecule has 144 valence electrons. The van der Waals surface area contributed by atoms with Gasteiger partial charge in [-0.2, -0.15) is 5.10 Å². The maximum Gasteiger partial charge on any atom is 0.280 e. The lowest BCUT2D eigenvalue weighted by Gasteiger charge is -2.15. The van der Waals surface area contributed by atoms with Gasteiger partial charge in [-0.15, -0.1) is 0 Å². The third kappa shape index (κ3) is 4.26. The number of ether oxygens (including phenoxy) is 1. The number of hydrogen-bond acceptors (Lipinski definition) is 4. The molecule has 3 aromatic rings. The molecule has 0 aliphatic heterocycles. The molecule has 28 heavy (non-hydrogen) atoms. The van der Waals surface area contributed by atoms with E-state index in [2.05, 4.69) is 10.5 Å². The molecule has 3 aromatic carbocycles. The van der Waals surface area contributed by atoms with Crippen LogP contribution < -0.4 is 10.2 Å². The van der Waals surface area contributed by atoms with Gasteiger partial charge in [-0.05, 0) is 60.9 Å². The maximum atomic E-state index is 12.3. The third-order valence-electron chi connectivity index (χ3n) is 4.41. The van der Waals surface area contributed by atoms with Crippen molar-refractivity contribution >= 4 is 34.5 Å². The molecule has 0 aliphatic carbocycles. The molecule has 0 heterocycles. The van der Waals surface area contributed by atoms with E-state index in [-0.39, 0.29) is 5.75 Å². The number of fused-ring (bicyclic) bond motifs is 1. The molecule has 0 bridgehead atoms. The number of hydrogen-bond donors (Lipinski definition) is 2. The van der Waals surface area contributed by atoms with Crippen molar-refractivity contribution in [3.63, 3.8) is 0 Å². The van der Waals surface area contributed by atoms with E-state index >= 15 is 0 Å². The number of phenolic OH excluding ortho intramolecular Hbond substituents is 1. The van der Waals surface area contributed by atoms with Gasteiger partial charge in [-0.25, -0.2) is 5.43 Å². The number of aromatic hydroxyl groups is 1. The van der Waals surface area contributed by atoms with E-state index < -0.39 is 12.0 Å². The second kappa shape index (κ2) is 8.31. The Balaban J connectivity index is 1.69. The van der Waals surface area contributed by atoms with Crippen LogP contribution in [-0.4, -0.2) is 23.3 Å². The predicted molar refractivity (Wildman–Crippen MR) is 112 cm³/mol. The number of rotatable bonds is 5. The molecule has 0 saturated heterocycles. The van der Waals surface area contributed by atoms with Gasteiger partial charge in [0.1, 0.15) is 11.5 Å². The Kier molecular flexibility index (Phi) is 5.85. The number of benzene rings is 3. The zero-order chi connectivity index (χ0) is 20.3. The van der Waals surface area contributed by atoms with E-state index in [1.165, 1.54) is 6.21 Å². The van der Waals surface area contributed by atoms with Crippen LogP contribution in [0.2, 0.25) is 5.02 Å². The standard InChI is InChI=1S/C22H21ClN2O3/c1-13-10-17(11-14(2)21(13)23)28-15(3)22(27)25-24-12-19-18-7-5-4-6-16(18)8-9-20(19)26/h4-12,15,26H,1-3H3,(H,25,27)/b24-12+. The number of nitrogens with one attached hydrogen (secondary N) is 1. The molecular formula is C22H21ClN2O3. The Morgan fingerprint density at radius 3 is 2.57 bits per heavy atom. The second-order valence-electron chi connectivity index (χ2n) is 6.58. The highest BCUT2D eigenvalue weighted by molar-refractivity contribution is 6.32. The SMILES string of the molecule is Cc1cc(OC(C)C(=O)N/N=C/c2c(O)ccc3ccccc23)cc(C)c1Cl. The molecule has 5 nitrogen and oxygen atoms in total. The first-order valence-corrected chi connectivity index (χ1v) is 9.21. The van der Waals surface area contributed by atoms with Gasteiger partial charge in [-0.1, -0.05) is 41.9 Å². The lowest BCUT2D eigenvalue weighted by molar-refractivity contribution is -0.127. The molecule has 3 rings (SSSR count). The smallest absolute Gasteiger partial charge is 0.280 e. The highest BCUT2D eigenvalue weighted by Gasteiger charge is 2.15. The van der Waals surface area contributed by atoms with Crippen LogP contribution in [0.5, 0.6) is 11.5 Å². The van der Waals surface area contributed by atoms with Gasteiger partial charge in [0.25, 0.3) is 5.91 Å². The number of hydrazone groups is 1. The van der Waals surface area contributed by atoms with E-state index in [0.717, 1.165) is 21.9 Å². The van der Waals surface area contributed by atoms with Gasteiger partial charge in [-0.3, -0.25) is 4.79 Å². The van der Waals surface area contributed by atoms with E-state index in [9.17, 15) is 9.90 Å². The molecule has 1 unspecified atom stereocenters. The molecule has 0 radical (unpaired) electrons. The number of aryl methyl sites for hydroxylation is 2. The van der Waals surface area contributed by atoms with Crippen LogP contribution in [0, 0.1) is 13.8 Å². The average molecular weight is 397 g/mol. The summed E-state index contributed by atoms with van der Waals surface area (Å²) in [7, 11) is 0. The summed E-state index contributed by atoms with van der Waals surface area (Å²) in [5.74, 6) is 0.257. The van der Waals surface area contributed by atoms with Crippen molar-refractivity contribution in [2.75, 3.05) is 0 Å². The van der Waals surface area contributed by atoms with E-state index in [1.54, 1.807) is 25.1 Å². The summed E-state index contributed by atoms with van der Waals surface area (Å²) < 4.78 is 5.70. The quantitative estimate of drug-likeness (QED) is 0.483. The molecule has 0 fully saturated rings. The van der Waals surface area contributed by atoms with Crippen LogP contribution in [0.25, 0.3) is 10.8 Å².